The van der Waals surface area contributed by atoms with Gasteiger partial charge in [-0.15, -0.1) is 11.8 Å². The van der Waals surface area contributed by atoms with Gasteiger partial charge in [-0.3, -0.25) is 9.69 Å². The number of rotatable bonds is 5. The second kappa shape index (κ2) is 6.84. The van der Waals surface area contributed by atoms with Gasteiger partial charge in [-0.1, -0.05) is 12.1 Å². The van der Waals surface area contributed by atoms with Crippen molar-refractivity contribution in [2.45, 2.75) is 50.1 Å². The largest absolute Gasteiger partial charge is 0.348 e. The molecule has 1 amide bonds. The third-order valence-corrected chi connectivity index (χ3v) is 5.16. The van der Waals surface area contributed by atoms with Crippen molar-refractivity contribution in [3.8, 4) is 0 Å². The molecule has 0 spiro atoms. The van der Waals surface area contributed by atoms with Crippen molar-refractivity contribution in [2.75, 3.05) is 19.3 Å². The van der Waals surface area contributed by atoms with Crippen molar-refractivity contribution in [3.63, 3.8) is 0 Å². The average Bonchev–Trinajstić information content (AvgIpc) is 3.02. The number of amides is 1. The fourth-order valence-electron chi connectivity index (χ4n) is 2.77. The molecular formula is C17H26N2OS. The maximum atomic E-state index is 12.6. The van der Waals surface area contributed by atoms with Crippen LogP contribution in [0.25, 0.3) is 0 Å². The Morgan fingerprint density at radius 2 is 1.81 bits per heavy atom. The minimum Gasteiger partial charge on any atom is -0.348 e. The number of thioether (sulfide) groups is 1. The summed E-state index contributed by atoms with van der Waals surface area (Å²) in [6.45, 7) is 8.15. The summed E-state index contributed by atoms with van der Waals surface area (Å²) in [6, 6.07) is 8.44. The smallest absolute Gasteiger partial charge is 0.240 e. The Morgan fingerprint density at radius 1 is 1.24 bits per heavy atom. The summed E-state index contributed by atoms with van der Waals surface area (Å²) in [5, 5.41) is 3.16. The van der Waals surface area contributed by atoms with E-state index >= 15 is 0 Å². The lowest BCUT2D eigenvalue weighted by Gasteiger charge is -2.34. The lowest BCUT2D eigenvalue weighted by molar-refractivity contribution is -0.131. The number of nitrogens with one attached hydrogen (secondary N) is 1. The maximum absolute atomic E-state index is 12.6. The summed E-state index contributed by atoms with van der Waals surface area (Å²) in [5.41, 5.74) is 0.725. The molecule has 1 N–H and O–H groups in total. The molecule has 1 saturated heterocycles. The van der Waals surface area contributed by atoms with Crippen LogP contribution in [0.4, 0.5) is 0 Å². The molecular weight excluding hydrogens is 280 g/mol. The number of hydrogen-bond acceptors (Lipinski definition) is 3. The fourth-order valence-corrected chi connectivity index (χ4v) is 3.18. The highest BCUT2D eigenvalue weighted by molar-refractivity contribution is 7.98. The Kier molecular flexibility index (Phi) is 5.33. The SMILES string of the molecule is CSc1ccc(C(C)NC(=O)C(C)(C)N2CCCC2)cc1. The van der Waals surface area contributed by atoms with Crippen LogP contribution in [-0.4, -0.2) is 35.7 Å². The van der Waals surface area contributed by atoms with E-state index in [1.807, 2.05) is 20.8 Å². The van der Waals surface area contributed by atoms with Crippen molar-refractivity contribution in [1.82, 2.24) is 10.2 Å². The van der Waals surface area contributed by atoms with Gasteiger partial charge in [-0.25, -0.2) is 0 Å². The van der Waals surface area contributed by atoms with E-state index in [0.717, 1.165) is 18.7 Å². The average molecular weight is 306 g/mol. The van der Waals surface area contributed by atoms with E-state index in [4.69, 9.17) is 0 Å². The van der Waals surface area contributed by atoms with Crippen molar-refractivity contribution < 1.29 is 4.79 Å². The third kappa shape index (κ3) is 3.80. The molecule has 0 aliphatic carbocycles. The summed E-state index contributed by atoms with van der Waals surface area (Å²) in [6.07, 6.45) is 4.46. The van der Waals surface area contributed by atoms with E-state index in [1.54, 1.807) is 11.8 Å². The first kappa shape index (κ1) is 16.4. The van der Waals surface area contributed by atoms with Crippen LogP contribution in [-0.2, 0) is 4.79 Å². The molecule has 1 aromatic rings. The molecule has 21 heavy (non-hydrogen) atoms. The highest BCUT2D eigenvalue weighted by Gasteiger charge is 2.36. The topological polar surface area (TPSA) is 32.3 Å². The summed E-state index contributed by atoms with van der Waals surface area (Å²) in [4.78, 5) is 16.1. The molecule has 1 atom stereocenters. The second-order valence-electron chi connectivity index (χ2n) is 6.22. The number of benzene rings is 1. The lowest BCUT2D eigenvalue weighted by atomic mass is 10.0. The van der Waals surface area contributed by atoms with Crippen molar-refractivity contribution in [2.24, 2.45) is 0 Å². The van der Waals surface area contributed by atoms with Crippen LogP contribution in [0.1, 0.15) is 45.2 Å². The molecule has 1 fully saturated rings. The van der Waals surface area contributed by atoms with Crippen LogP contribution in [0, 0.1) is 0 Å². The molecule has 1 aliphatic rings. The number of carbonyl (C=O) groups excluding carboxylic acids is 1. The zero-order valence-corrected chi connectivity index (χ0v) is 14.3. The van der Waals surface area contributed by atoms with Crippen molar-refractivity contribution in [1.29, 1.82) is 0 Å². The predicted octanol–water partition coefficient (Wildman–Crippen LogP) is 3.46. The first-order chi connectivity index (χ1) is 9.95. The maximum Gasteiger partial charge on any atom is 0.240 e. The van der Waals surface area contributed by atoms with Crippen LogP contribution >= 0.6 is 11.8 Å². The minimum absolute atomic E-state index is 0.0373. The molecule has 0 aromatic heterocycles. The summed E-state index contributed by atoms with van der Waals surface area (Å²) >= 11 is 1.73. The molecule has 116 valence electrons. The summed E-state index contributed by atoms with van der Waals surface area (Å²) in [7, 11) is 0. The van der Waals surface area contributed by atoms with Gasteiger partial charge in [0.2, 0.25) is 5.91 Å². The van der Waals surface area contributed by atoms with E-state index in [-0.39, 0.29) is 11.9 Å². The zero-order chi connectivity index (χ0) is 15.5. The summed E-state index contributed by atoms with van der Waals surface area (Å²) in [5.74, 6) is 0.117. The Morgan fingerprint density at radius 3 is 2.33 bits per heavy atom. The van der Waals surface area contributed by atoms with Gasteiger partial charge < -0.3 is 5.32 Å². The number of nitrogens with zero attached hydrogens (tertiary/aromatic N) is 1. The van der Waals surface area contributed by atoms with E-state index in [0.29, 0.717) is 0 Å². The molecule has 4 heteroatoms. The quantitative estimate of drug-likeness (QED) is 0.846. The molecule has 0 saturated carbocycles. The van der Waals surface area contributed by atoms with Gasteiger partial charge in [0.05, 0.1) is 11.6 Å². The molecule has 0 radical (unpaired) electrons. The van der Waals surface area contributed by atoms with E-state index in [9.17, 15) is 4.79 Å². The van der Waals surface area contributed by atoms with Crippen LogP contribution in [0.15, 0.2) is 29.2 Å². The molecule has 1 aliphatic heterocycles. The minimum atomic E-state index is -0.427. The first-order valence-corrected chi connectivity index (χ1v) is 8.87. The van der Waals surface area contributed by atoms with Crippen LogP contribution in [0.5, 0.6) is 0 Å². The predicted molar refractivity (Wildman–Crippen MR) is 89.7 cm³/mol. The standard InChI is InChI=1S/C17H26N2OS/c1-13(14-7-9-15(21-4)10-8-14)18-16(20)17(2,3)19-11-5-6-12-19/h7-10,13H,5-6,11-12H2,1-4H3,(H,18,20). The molecule has 1 aromatic carbocycles. The highest BCUT2D eigenvalue weighted by atomic mass is 32.2. The van der Waals surface area contributed by atoms with Gasteiger partial charge in [0, 0.05) is 4.90 Å². The number of carbonyl (C=O) groups is 1. The zero-order valence-electron chi connectivity index (χ0n) is 13.5. The third-order valence-electron chi connectivity index (χ3n) is 4.42. The molecule has 2 rings (SSSR count). The molecule has 0 bridgehead atoms. The van der Waals surface area contributed by atoms with E-state index in [1.165, 1.54) is 17.7 Å². The Balaban J connectivity index is 2.00. The number of likely N-dealkylation sites (tertiary alicyclic amines) is 1. The van der Waals surface area contributed by atoms with Crippen molar-refractivity contribution >= 4 is 17.7 Å². The Labute approximate surface area is 132 Å². The monoisotopic (exact) mass is 306 g/mol. The highest BCUT2D eigenvalue weighted by Crippen LogP contribution is 2.23. The lowest BCUT2D eigenvalue weighted by Crippen LogP contribution is -2.54. The fraction of sp³-hybridized carbons (Fsp3) is 0.588. The van der Waals surface area contributed by atoms with Crippen LogP contribution in [0.3, 0.4) is 0 Å². The van der Waals surface area contributed by atoms with Gasteiger partial charge >= 0.3 is 0 Å². The van der Waals surface area contributed by atoms with Crippen LogP contribution in [0.2, 0.25) is 0 Å². The second-order valence-corrected chi connectivity index (χ2v) is 7.10. The van der Waals surface area contributed by atoms with Crippen LogP contribution < -0.4 is 5.32 Å². The van der Waals surface area contributed by atoms with E-state index in [2.05, 4.69) is 40.7 Å². The Hall–Kier alpha value is -1.00. The van der Waals surface area contributed by atoms with Crippen molar-refractivity contribution in [3.05, 3.63) is 29.8 Å². The normalized spacial score (nSPS) is 17.7. The molecule has 1 heterocycles. The Bertz CT molecular complexity index is 478. The van der Waals surface area contributed by atoms with Gasteiger partial charge in [0.25, 0.3) is 0 Å². The first-order valence-electron chi connectivity index (χ1n) is 7.65. The van der Waals surface area contributed by atoms with Gasteiger partial charge in [0.15, 0.2) is 0 Å². The summed E-state index contributed by atoms with van der Waals surface area (Å²) < 4.78 is 0. The number of hydrogen-bond donors (Lipinski definition) is 1. The van der Waals surface area contributed by atoms with Gasteiger partial charge in [-0.2, -0.15) is 0 Å². The molecule has 1 unspecified atom stereocenters. The molecule has 3 nitrogen and oxygen atoms in total. The van der Waals surface area contributed by atoms with Gasteiger partial charge in [0.1, 0.15) is 0 Å². The van der Waals surface area contributed by atoms with E-state index < -0.39 is 5.54 Å². The van der Waals surface area contributed by atoms with Gasteiger partial charge in [-0.05, 0) is 70.7 Å².